The van der Waals surface area contributed by atoms with Gasteiger partial charge >= 0.3 is 0 Å². The first kappa shape index (κ1) is 14.5. The summed E-state index contributed by atoms with van der Waals surface area (Å²) in [4.78, 5) is 4.81. The third-order valence-electron chi connectivity index (χ3n) is 3.76. The maximum Gasteiger partial charge on any atom is 0.148 e. The fourth-order valence-electron chi connectivity index (χ4n) is 2.22. The highest BCUT2D eigenvalue weighted by molar-refractivity contribution is 9.10. The maximum atomic E-state index is 4.81. The van der Waals surface area contributed by atoms with Crippen LogP contribution in [0.25, 0.3) is 0 Å². The average Bonchev–Trinajstić information content (AvgIpc) is 3.17. The number of halogens is 1. The SMILES string of the molecule is CC1C=CC(N=C(NN2CC2C)c2ccc(Br)cc2)=CC1. The molecule has 3 atom stereocenters. The van der Waals surface area contributed by atoms with E-state index in [0.29, 0.717) is 12.0 Å². The van der Waals surface area contributed by atoms with E-state index in [9.17, 15) is 0 Å². The van der Waals surface area contributed by atoms with Crippen molar-refractivity contribution in [2.75, 3.05) is 6.54 Å². The minimum absolute atomic E-state index is 0.585. The van der Waals surface area contributed by atoms with Crippen molar-refractivity contribution in [3.8, 4) is 0 Å². The molecule has 3 rings (SSSR count). The minimum atomic E-state index is 0.585. The lowest BCUT2D eigenvalue weighted by molar-refractivity contribution is 0.471. The summed E-state index contributed by atoms with van der Waals surface area (Å²) in [6, 6.07) is 8.85. The molecular weight excluding hydrogens is 326 g/mol. The number of benzene rings is 1. The van der Waals surface area contributed by atoms with E-state index in [0.717, 1.165) is 34.5 Å². The van der Waals surface area contributed by atoms with Crippen LogP contribution < -0.4 is 5.43 Å². The normalized spacial score (nSPS) is 28.2. The summed E-state index contributed by atoms with van der Waals surface area (Å²) in [7, 11) is 0. The van der Waals surface area contributed by atoms with Crippen LogP contribution in [0.1, 0.15) is 25.8 Å². The maximum absolute atomic E-state index is 4.81. The van der Waals surface area contributed by atoms with E-state index in [-0.39, 0.29) is 0 Å². The lowest BCUT2D eigenvalue weighted by Gasteiger charge is -2.14. The van der Waals surface area contributed by atoms with Crippen molar-refractivity contribution in [3.63, 3.8) is 0 Å². The molecule has 0 saturated carbocycles. The lowest BCUT2D eigenvalue weighted by atomic mass is 10.0. The van der Waals surface area contributed by atoms with Crippen molar-refractivity contribution in [1.82, 2.24) is 10.4 Å². The molecule has 1 aromatic rings. The van der Waals surface area contributed by atoms with Gasteiger partial charge in [-0.25, -0.2) is 10.0 Å². The third kappa shape index (κ3) is 3.83. The number of hydrazine groups is 1. The fraction of sp³-hybridized carbons (Fsp3) is 0.353. The monoisotopic (exact) mass is 345 g/mol. The first-order valence-corrected chi connectivity index (χ1v) is 8.17. The smallest absolute Gasteiger partial charge is 0.148 e. The van der Waals surface area contributed by atoms with Crippen molar-refractivity contribution >= 4 is 21.8 Å². The third-order valence-corrected chi connectivity index (χ3v) is 4.29. The van der Waals surface area contributed by atoms with Crippen molar-refractivity contribution in [2.45, 2.75) is 26.3 Å². The number of hydrogen-bond acceptors (Lipinski definition) is 2. The summed E-state index contributed by atoms with van der Waals surface area (Å²) in [6.07, 6.45) is 7.60. The molecule has 0 amide bonds. The number of nitrogens with zero attached hydrogens (tertiary/aromatic N) is 2. The zero-order valence-electron chi connectivity index (χ0n) is 12.4. The quantitative estimate of drug-likeness (QED) is 0.511. The largest absolute Gasteiger partial charge is 0.302 e. The molecule has 1 aliphatic carbocycles. The second kappa shape index (κ2) is 6.16. The molecule has 1 saturated heterocycles. The van der Waals surface area contributed by atoms with Gasteiger partial charge in [-0.05, 0) is 37.5 Å². The molecule has 0 radical (unpaired) electrons. The molecule has 0 bridgehead atoms. The van der Waals surface area contributed by atoms with Gasteiger partial charge in [0.05, 0.1) is 5.70 Å². The van der Waals surface area contributed by atoms with Gasteiger partial charge in [-0.3, -0.25) is 0 Å². The van der Waals surface area contributed by atoms with E-state index in [4.69, 9.17) is 4.99 Å². The first-order chi connectivity index (χ1) is 10.1. The molecule has 1 aliphatic heterocycles. The first-order valence-electron chi connectivity index (χ1n) is 7.38. The van der Waals surface area contributed by atoms with Crippen LogP contribution in [0.4, 0.5) is 0 Å². The Balaban J connectivity index is 1.85. The molecule has 1 heterocycles. The van der Waals surface area contributed by atoms with Gasteiger partial charge in [0.25, 0.3) is 0 Å². The molecule has 4 heteroatoms. The van der Waals surface area contributed by atoms with Crippen molar-refractivity contribution < 1.29 is 0 Å². The van der Waals surface area contributed by atoms with E-state index in [1.54, 1.807) is 0 Å². The summed E-state index contributed by atoms with van der Waals surface area (Å²) in [5, 5.41) is 2.19. The molecule has 110 valence electrons. The Hall–Kier alpha value is -1.39. The van der Waals surface area contributed by atoms with Gasteiger partial charge in [0, 0.05) is 22.6 Å². The molecule has 2 aliphatic rings. The van der Waals surface area contributed by atoms with Gasteiger partial charge in [0.15, 0.2) is 0 Å². The minimum Gasteiger partial charge on any atom is -0.302 e. The van der Waals surface area contributed by atoms with Gasteiger partial charge in [-0.15, -0.1) is 0 Å². The summed E-state index contributed by atoms with van der Waals surface area (Å²) < 4.78 is 1.08. The van der Waals surface area contributed by atoms with Crippen LogP contribution in [0.5, 0.6) is 0 Å². The Morgan fingerprint density at radius 3 is 2.57 bits per heavy atom. The van der Waals surface area contributed by atoms with Gasteiger partial charge in [0.1, 0.15) is 5.84 Å². The molecule has 3 unspecified atom stereocenters. The topological polar surface area (TPSA) is 27.4 Å². The highest BCUT2D eigenvalue weighted by atomic mass is 79.9. The van der Waals surface area contributed by atoms with Gasteiger partial charge in [-0.1, -0.05) is 47.1 Å². The Bertz CT molecular complexity index is 601. The van der Waals surface area contributed by atoms with Crippen LogP contribution in [0.15, 0.2) is 57.7 Å². The van der Waals surface area contributed by atoms with Crippen LogP contribution in [0.2, 0.25) is 0 Å². The molecule has 3 nitrogen and oxygen atoms in total. The summed E-state index contributed by atoms with van der Waals surface area (Å²) in [5.41, 5.74) is 5.57. The molecule has 0 spiro atoms. The summed E-state index contributed by atoms with van der Waals surface area (Å²) in [6.45, 7) is 5.49. The highest BCUT2D eigenvalue weighted by Gasteiger charge is 2.30. The Morgan fingerprint density at radius 1 is 1.29 bits per heavy atom. The number of rotatable bonds is 3. The highest BCUT2D eigenvalue weighted by Crippen LogP contribution is 2.19. The standard InChI is InChI=1S/C17H20BrN3/c1-12-3-9-16(10-4-12)19-17(20-21-11-13(21)2)14-5-7-15(18)8-6-14/h3,5-10,12-13H,4,11H2,1-2H3,(H,19,20). The number of allylic oxidation sites excluding steroid dienone is 3. The number of amidine groups is 1. The summed E-state index contributed by atoms with van der Waals surface area (Å²) >= 11 is 3.48. The molecule has 0 aromatic heterocycles. The molecule has 21 heavy (non-hydrogen) atoms. The molecule has 1 N–H and O–H groups in total. The Kier molecular flexibility index (Phi) is 4.27. The van der Waals surface area contributed by atoms with E-state index in [2.05, 4.69) is 70.6 Å². The predicted octanol–water partition coefficient (Wildman–Crippen LogP) is 3.88. The number of hydrogen-bond donors (Lipinski definition) is 1. The fourth-order valence-corrected chi connectivity index (χ4v) is 2.48. The Morgan fingerprint density at radius 2 is 2.00 bits per heavy atom. The second-order valence-electron chi connectivity index (χ2n) is 5.78. The second-order valence-corrected chi connectivity index (χ2v) is 6.70. The molecule has 1 fully saturated rings. The van der Waals surface area contributed by atoms with E-state index in [1.165, 1.54) is 0 Å². The van der Waals surface area contributed by atoms with Gasteiger partial charge < -0.3 is 5.43 Å². The Labute approximate surface area is 134 Å². The van der Waals surface area contributed by atoms with Crippen LogP contribution in [-0.4, -0.2) is 23.4 Å². The van der Waals surface area contributed by atoms with Gasteiger partial charge in [-0.2, -0.15) is 0 Å². The van der Waals surface area contributed by atoms with Crippen molar-refractivity contribution in [3.05, 3.63) is 58.2 Å². The predicted molar refractivity (Wildman–Crippen MR) is 91.0 cm³/mol. The van der Waals surface area contributed by atoms with Crippen molar-refractivity contribution in [2.24, 2.45) is 10.9 Å². The molecular formula is C17H20BrN3. The van der Waals surface area contributed by atoms with Crippen LogP contribution in [0, 0.1) is 5.92 Å². The van der Waals surface area contributed by atoms with E-state index < -0.39 is 0 Å². The lowest BCUT2D eigenvalue weighted by Crippen LogP contribution is -2.31. The number of nitrogens with one attached hydrogen (secondary N) is 1. The van der Waals surface area contributed by atoms with Crippen LogP contribution in [0.3, 0.4) is 0 Å². The van der Waals surface area contributed by atoms with Crippen molar-refractivity contribution in [1.29, 1.82) is 0 Å². The number of aliphatic imine (C=N–C) groups is 1. The van der Waals surface area contributed by atoms with E-state index >= 15 is 0 Å². The van der Waals surface area contributed by atoms with Crippen LogP contribution in [-0.2, 0) is 0 Å². The van der Waals surface area contributed by atoms with Crippen LogP contribution >= 0.6 is 15.9 Å². The zero-order chi connectivity index (χ0) is 14.8. The average molecular weight is 346 g/mol. The zero-order valence-corrected chi connectivity index (χ0v) is 14.0. The summed E-state index contributed by atoms with van der Waals surface area (Å²) in [5.74, 6) is 1.53. The van der Waals surface area contributed by atoms with Gasteiger partial charge in [0.2, 0.25) is 0 Å². The van der Waals surface area contributed by atoms with E-state index in [1.807, 2.05) is 12.1 Å². The molecule has 1 aromatic carbocycles.